The lowest BCUT2D eigenvalue weighted by atomic mass is 10.1. The van der Waals surface area contributed by atoms with Gasteiger partial charge in [-0.15, -0.1) is 0 Å². The van der Waals surface area contributed by atoms with E-state index in [1.54, 1.807) is 18.2 Å². The Bertz CT molecular complexity index is 807. The number of nitrogens with one attached hydrogen (secondary N) is 2. The molecule has 116 valence electrons. The number of rotatable bonds is 5. The molecule has 3 rings (SSSR count). The second-order valence-electron chi connectivity index (χ2n) is 4.67. The van der Waals surface area contributed by atoms with E-state index >= 15 is 0 Å². The Labute approximate surface area is 142 Å². The fourth-order valence-electron chi connectivity index (χ4n) is 2.03. The van der Waals surface area contributed by atoms with Crippen LogP contribution in [0.25, 0.3) is 0 Å². The summed E-state index contributed by atoms with van der Waals surface area (Å²) in [4.78, 5) is 16.6. The van der Waals surface area contributed by atoms with Crippen molar-refractivity contribution in [1.82, 2.24) is 15.2 Å². The number of hydrogen-bond acceptors (Lipinski definition) is 4. The Morgan fingerprint density at radius 2 is 1.96 bits per heavy atom. The highest BCUT2D eigenvalue weighted by Gasteiger charge is 2.13. The van der Waals surface area contributed by atoms with Gasteiger partial charge in [-0.05, 0) is 23.8 Å². The van der Waals surface area contributed by atoms with E-state index in [0.29, 0.717) is 27.2 Å². The summed E-state index contributed by atoms with van der Waals surface area (Å²) in [6.45, 7) is 0. The molecule has 0 aliphatic carbocycles. The molecule has 7 heteroatoms. The summed E-state index contributed by atoms with van der Waals surface area (Å²) in [5.41, 5.74) is 2.12. The molecule has 2 aromatic carbocycles. The van der Waals surface area contributed by atoms with Gasteiger partial charge in [-0.1, -0.05) is 53.7 Å². The minimum Gasteiger partial charge on any atom is -0.321 e. The van der Waals surface area contributed by atoms with Crippen LogP contribution in [-0.2, 0) is 5.75 Å². The maximum absolute atomic E-state index is 12.5. The summed E-state index contributed by atoms with van der Waals surface area (Å²) in [5.74, 6) is 0.424. The van der Waals surface area contributed by atoms with E-state index in [-0.39, 0.29) is 5.91 Å². The molecule has 1 amide bonds. The summed E-state index contributed by atoms with van der Waals surface area (Å²) >= 11 is 7.57. The average molecular weight is 345 g/mol. The van der Waals surface area contributed by atoms with Gasteiger partial charge in [0.25, 0.3) is 5.91 Å². The van der Waals surface area contributed by atoms with Crippen LogP contribution in [0.3, 0.4) is 0 Å². The first-order valence-corrected chi connectivity index (χ1v) is 8.22. The highest BCUT2D eigenvalue weighted by atomic mass is 35.5. The third kappa shape index (κ3) is 3.91. The van der Waals surface area contributed by atoms with Gasteiger partial charge in [-0.3, -0.25) is 9.89 Å². The van der Waals surface area contributed by atoms with Gasteiger partial charge >= 0.3 is 0 Å². The number of halogens is 1. The molecule has 3 aromatic rings. The van der Waals surface area contributed by atoms with E-state index in [4.69, 9.17) is 11.6 Å². The van der Waals surface area contributed by atoms with Crippen LogP contribution in [0.1, 0.15) is 15.9 Å². The molecule has 0 saturated heterocycles. The Morgan fingerprint density at radius 3 is 2.74 bits per heavy atom. The summed E-state index contributed by atoms with van der Waals surface area (Å²) in [6, 6.07) is 14.6. The van der Waals surface area contributed by atoms with Gasteiger partial charge in [-0.25, -0.2) is 4.98 Å². The molecule has 2 N–H and O–H groups in total. The number of nitrogens with zero attached hydrogens (tertiary/aromatic N) is 2. The Hall–Kier alpha value is -2.31. The predicted molar refractivity (Wildman–Crippen MR) is 91.8 cm³/mol. The standard InChI is InChI=1S/C16H13ClN4OS/c17-13-7-3-4-8-14(13)20-15(22)12-6-2-1-5-11(12)9-23-16-18-10-19-21-16/h1-8,10H,9H2,(H,20,22)(H,18,19,21). The second-order valence-corrected chi connectivity index (χ2v) is 6.04. The number of aromatic nitrogens is 3. The number of amides is 1. The zero-order valence-corrected chi connectivity index (χ0v) is 13.6. The maximum atomic E-state index is 12.5. The van der Waals surface area contributed by atoms with Crippen molar-refractivity contribution >= 4 is 35.0 Å². The summed E-state index contributed by atoms with van der Waals surface area (Å²) < 4.78 is 0. The number of hydrogen-bond donors (Lipinski definition) is 2. The van der Waals surface area contributed by atoms with Crippen molar-refractivity contribution in [3.63, 3.8) is 0 Å². The van der Waals surface area contributed by atoms with Crippen LogP contribution >= 0.6 is 23.4 Å². The molecule has 0 bridgehead atoms. The first-order chi connectivity index (χ1) is 11.2. The first-order valence-electron chi connectivity index (χ1n) is 6.86. The van der Waals surface area contributed by atoms with Crippen LogP contribution in [-0.4, -0.2) is 21.1 Å². The normalized spacial score (nSPS) is 10.5. The lowest BCUT2D eigenvalue weighted by Crippen LogP contribution is -2.14. The van der Waals surface area contributed by atoms with E-state index < -0.39 is 0 Å². The third-order valence-electron chi connectivity index (χ3n) is 3.14. The zero-order chi connectivity index (χ0) is 16.1. The van der Waals surface area contributed by atoms with E-state index in [1.165, 1.54) is 18.1 Å². The average Bonchev–Trinajstić information content (AvgIpc) is 3.09. The van der Waals surface area contributed by atoms with Crippen molar-refractivity contribution in [2.45, 2.75) is 10.9 Å². The van der Waals surface area contributed by atoms with Gasteiger partial charge in [0, 0.05) is 11.3 Å². The lowest BCUT2D eigenvalue weighted by molar-refractivity contribution is 0.102. The quantitative estimate of drug-likeness (QED) is 0.686. The maximum Gasteiger partial charge on any atom is 0.256 e. The minimum atomic E-state index is -0.188. The van der Waals surface area contributed by atoms with Gasteiger partial charge in [-0.2, -0.15) is 5.10 Å². The number of anilines is 1. The summed E-state index contributed by atoms with van der Waals surface area (Å²) in [5, 5.41) is 10.7. The molecule has 0 aliphatic rings. The van der Waals surface area contributed by atoms with E-state index in [0.717, 1.165) is 5.56 Å². The molecular weight excluding hydrogens is 332 g/mol. The van der Waals surface area contributed by atoms with Gasteiger partial charge in [0.1, 0.15) is 6.33 Å². The number of benzene rings is 2. The van der Waals surface area contributed by atoms with Crippen molar-refractivity contribution in [1.29, 1.82) is 0 Å². The fraction of sp³-hybridized carbons (Fsp3) is 0.0625. The molecule has 0 radical (unpaired) electrons. The highest BCUT2D eigenvalue weighted by Crippen LogP contribution is 2.24. The van der Waals surface area contributed by atoms with Crippen molar-refractivity contribution in [3.8, 4) is 0 Å². The van der Waals surface area contributed by atoms with Gasteiger partial charge < -0.3 is 5.32 Å². The van der Waals surface area contributed by atoms with Crippen LogP contribution in [0.4, 0.5) is 5.69 Å². The highest BCUT2D eigenvalue weighted by molar-refractivity contribution is 7.98. The second kappa shape index (κ2) is 7.30. The van der Waals surface area contributed by atoms with Gasteiger partial charge in [0.05, 0.1) is 10.7 Å². The predicted octanol–water partition coefficient (Wildman–Crippen LogP) is 4.00. The van der Waals surface area contributed by atoms with Gasteiger partial charge in [0.2, 0.25) is 0 Å². The molecule has 0 fully saturated rings. The Morgan fingerprint density at radius 1 is 1.17 bits per heavy atom. The molecule has 5 nitrogen and oxygen atoms in total. The molecule has 0 atom stereocenters. The van der Waals surface area contributed by atoms with Crippen molar-refractivity contribution in [2.24, 2.45) is 0 Å². The Kier molecular flexibility index (Phi) is 4.95. The summed E-state index contributed by atoms with van der Waals surface area (Å²) in [6.07, 6.45) is 1.46. The molecule has 23 heavy (non-hydrogen) atoms. The first kappa shape index (κ1) is 15.6. The SMILES string of the molecule is O=C(Nc1ccccc1Cl)c1ccccc1CSc1ncn[nH]1. The number of aromatic amines is 1. The monoisotopic (exact) mass is 344 g/mol. The van der Waals surface area contributed by atoms with Crippen LogP contribution in [0.5, 0.6) is 0 Å². The van der Waals surface area contributed by atoms with Crippen molar-refractivity contribution in [2.75, 3.05) is 5.32 Å². The van der Waals surface area contributed by atoms with E-state index in [2.05, 4.69) is 20.5 Å². The Balaban J connectivity index is 1.76. The molecule has 0 spiro atoms. The number of para-hydroxylation sites is 1. The van der Waals surface area contributed by atoms with Crippen LogP contribution in [0, 0.1) is 0 Å². The number of carbonyl (C=O) groups is 1. The number of carbonyl (C=O) groups excluding carboxylic acids is 1. The molecule has 0 aliphatic heterocycles. The third-order valence-corrected chi connectivity index (χ3v) is 4.40. The van der Waals surface area contributed by atoms with Crippen molar-refractivity contribution in [3.05, 3.63) is 71.0 Å². The molecule has 1 heterocycles. The summed E-state index contributed by atoms with van der Waals surface area (Å²) in [7, 11) is 0. The molecule has 0 saturated carbocycles. The van der Waals surface area contributed by atoms with Crippen LogP contribution < -0.4 is 5.32 Å². The van der Waals surface area contributed by atoms with Crippen molar-refractivity contribution < 1.29 is 4.79 Å². The minimum absolute atomic E-state index is 0.188. The fourth-order valence-corrected chi connectivity index (χ4v) is 3.00. The van der Waals surface area contributed by atoms with Crippen LogP contribution in [0.15, 0.2) is 60.0 Å². The molecular formula is C16H13ClN4OS. The molecule has 0 unspecified atom stereocenters. The van der Waals surface area contributed by atoms with Crippen LogP contribution in [0.2, 0.25) is 5.02 Å². The van der Waals surface area contributed by atoms with E-state index in [9.17, 15) is 4.79 Å². The number of thioether (sulfide) groups is 1. The van der Waals surface area contributed by atoms with Gasteiger partial charge in [0.15, 0.2) is 5.16 Å². The largest absolute Gasteiger partial charge is 0.321 e. The zero-order valence-electron chi connectivity index (χ0n) is 12.0. The van der Waals surface area contributed by atoms with E-state index in [1.807, 2.05) is 30.3 Å². The molecule has 1 aromatic heterocycles. The number of H-pyrrole nitrogens is 1. The smallest absolute Gasteiger partial charge is 0.256 e. The topological polar surface area (TPSA) is 70.7 Å². The lowest BCUT2D eigenvalue weighted by Gasteiger charge is -2.10.